The van der Waals surface area contributed by atoms with Crippen LogP contribution in [0.25, 0.3) is 11.0 Å². The number of furan rings is 1. The molecule has 1 aromatic carbocycles. The van der Waals surface area contributed by atoms with E-state index in [9.17, 15) is 10.1 Å². The molecule has 7 heteroatoms. The first kappa shape index (κ1) is 13.0. The Kier molecular flexibility index (Phi) is 3.02. The number of aliphatic imine (C=N–C) groups is 1. The average Bonchev–Trinajstić information content (AvgIpc) is 3.03. The Morgan fingerprint density at radius 2 is 2.10 bits per heavy atom. The first-order valence-corrected chi connectivity index (χ1v) is 6.28. The molecule has 21 heavy (non-hydrogen) atoms. The fraction of sp³-hybridized carbons (Fsp3) is 0.143. The zero-order chi connectivity index (χ0) is 15.0. The van der Waals surface area contributed by atoms with Crippen molar-refractivity contribution in [3.8, 4) is 0 Å². The lowest BCUT2D eigenvalue weighted by atomic mass is 10.1. The Morgan fingerprint density at radius 3 is 2.81 bits per heavy atom. The van der Waals surface area contributed by atoms with Crippen molar-refractivity contribution in [1.29, 1.82) is 0 Å². The summed E-state index contributed by atoms with van der Waals surface area (Å²) in [7, 11) is 0. The quantitative estimate of drug-likeness (QED) is 0.452. The molecule has 7 nitrogen and oxygen atoms in total. The molecule has 106 valence electrons. The first-order valence-electron chi connectivity index (χ1n) is 6.28. The van der Waals surface area contributed by atoms with Gasteiger partial charge in [0.1, 0.15) is 4.92 Å². The molecular formula is C14H12N4O3. The van der Waals surface area contributed by atoms with E-state index in [1.807, 2.05) is 26.0 Å². The lowest BCUT2D eigenvalue weighted by Gasteiger charge is -1.97. The van der Waals surface area contributed by atoms with Crippen LogP contribution in [-0.4, -0.2) is 21.1 Å². The largest absolute Gasteiger partial charge is 0.433 e. The third-order valence-electron chi connectivity index (χ3n) is 3.19. The van der Waals surface area contributed by atoms with Gasteiger partial charge >= 0.3 is 5.88 Å². The van der Waals surface area contributed by atoms with Gasteiger partial charge in [0, 0.05) is 0 Å². The van der Waals surface area contributed by atoms with Crippen molar-refractivity contribution in [1.82, 2.24) is 9.97 Å². The average molecular weight is 284 g/mol. The maximum atomic E-state index is 10.5. The molecule has 0 bridgehead atoms. The van der Waals surface area contributed by atoms with E-state index < -0.39 is 4.92 Å². The van der Waals surface area contributed by atoms with Crippen molar-refractivity contribution < 1.29 is 9.34 Å². The zero-order valence-corrected chi connectivity index (χ0v) is 11.5. The molecule has 3 aromatic rings. The summed E-state index contributed by atoms with van der Waals surface area (Å²) in [6.07, 6.45) is 1.39. The van der Waals surface area contributed by atoms with Crippen LogP contribution in [0.5, 0.6) is 0 Å². The van der Waals surface area contributed by atoms with E-state index in [0.717, 1.165) is 16.6 Å². The fourth-order valence-corrected chi connectivity index (χ4v) is 1.95. The number of imidazole rings is 1. The van der Waals surface area contributed by atoms with Crippen LogP contribution in [0.1, 0.15) is 16.9 Å². The lowest BCUT2D eigenvalue weighted by molar-refractivity contribution is -0.402. The Labute approximate surface area is 119 Å². The topological polar surface area (TPSA) is 97.3 Å². The second kappa shape index (κ2) is 4.86. The van der Waals surface area contributed by atoms with Gasteiger partial charge in [0.25, 0.3) is 0 Å². The molecule has 0 fully saturated rings. The molecule has 2 heterocycles. The number of nitrogens with zero attached hydrogens (tertiary/aromatic N) is 3. The number of nitro groups is 1. The summed E-state index contributed by atoms with van der Waals surface area (Å²) in [5, 5.41) is 10.5. The highest BCUT2D eigenvalue weighted by molar-refractivity contribution is 5.82. The molecule has 0 saturated carbocycles. The van der Waals surface area contributed by atoms with Crippen molar-refractivity contribution in [2.75, 3.05) is 0 Å². The number of aryl methyl sites for hydroxylation is 2. The van der Waals surface area contributed by atoms with Crippen LogP contribution in [0, 0.1) is 24.0 Å². The van der Waals surface area contributed by atoms with Gasteiger partial charge in [-0.2, -0.15) is 0 Å². The predicted molar refractivity (Wildman–Crippen MR) is 78.2 cm³/mol. The Morgan fingerprint density at radius 1 is 1.33 bits per heavy atom. The van der Waals surface area contributed by atoms with E-state index in [0.29, 0.717) is 11.7 Å². The van der Waals surface area contributed by atoms with Crippen molar-refractivity contribution in [2.24, 2.45) is 4.99 Å². The third-order valence-corrected chi connectivity index (χ3v) is 3.19. The maximum absolute atomic E-state index is 10.5. The van der Waals surface area contributed by atoms with Crippen LogP contribution in [0.2, 0.25) is 0 Å². The molecule has 1 N–H and O–H groups in total. The number of hydrogen-bond acceptors (Lipinski definition) is 5. The number of benzene rings is 1. The molecule has 0 amide bonds. The van der Waals surface area contributed by atoms with Gasteiger partial charge in [0.2, 0.25) is 5.95 Å². The van der Waals surface area contributed by atoms with E-state index in [2.05, 4.69) is 15.0 Å². The molecular weight excluding hydrogens is 272 g/mol. The molecule has 0 aliphatic heterocycles. The molecule has 2 aromatic heterocycles. The molecule has 3 rings (SSSR count). The molecule has 0 aliphatic carbocycles. The minimum absolute atomic E-state index is 0.300. The highest BCUT2D eigenvalue weighted by Gasteiger charge is 2.10. The van der Waals surface area contributed by atoms with Crippen LogP contribution in [0.4, 0.5) is 11.8 Å². The number of nitrogens with one attached hydrogen (secondary N) is 1. The van der Waals surface area contributed by atoms with Gasteiger partial charge in [-0.25, -0.2) is 9.98 Å². The van der Waals surface area contributed by atoms with Gasteiger partial charge in [-0.1, -0.05) is 0 Å². The van der Waals surface area contributed by atoms with Crippen LogP contribution < -0.4 is 0 Å². The second-order valence-corrected chi connectivity index (χ2v) is 4.71. The number of aromatic amines is 1. The van der Waals surface area contributed by atoms with Crippen LogP contribution in [-0.2, 0) is 0 Å². The van der Waals surface area contributed by atoms with Crippen LogP contribution >= 0.6 is 0 Å². The number of fused-ring (bicyclic) bond motifs is 1. The minimum atomic E-state index is -0.593. The maximum Gasteiger partial charge on any atom is 0.433 e. The summed E-state index contributed by atoms with van der Waals surface area (Å²) in [6, 6.07) is 6.76. The van der Waals surface area contributed by atoms with Crippen LogP contribution in [0.3, 0.4) is 0 Å². The van der Waals surface area contributed by atoms with Crippen LogP contribution in [0.15, 0.2) is 33.7 Å². The molecule has 0 aliphatic rings. The van der Waals surface area contributed by atoms with Gasteiger partial charge in [-0.05, 0) is 43.2 Å². The van der Waals surface area contributed by atoms with Gasteiger partial charge in [-0.3, -0.25) is 10.1 Å². The number of aromatic nitrogens is 2. The summed E-state index contributed by atoms with van der Waals surface area (Å²) < 4.78 is 4.99. The monoisotopic (exact) mass is 284 g/mol. The highest BCUT2D eigenvalue weighted by atomic mass is 16.6. The minimum Gasteiger partial charge on any atom is -0.400 e. The lowest BCUT2D eigenvalue weighted by Crippen LogP contribution is -1.83. The molecule has 0 spiro atoms. The SMILES string of the molecule is Cc1cc2nc(N=Cc3ccc([N+](=O)[O-])o3)[nH]c2cc1C. The van der Waals surface area contributed by atoms with E-state index in [4.69, 9.17) is 4.42 Å². The summed E-state index contributed by atoms with van der Waals surface area (Å²) >= 11 is 0. The molecule has 0 radical (unpaired) electrons. The standard InChI is InChI=1S/C14H12N4O3/c1-8-5-11-12(6-9(8)2)17-14(16-11)15-7-10-3-4-13(21-10)18(19)20/h3-7H,1-2H3,(H,16,17). The first-order chi connectivity index (χ1) is 10.0. The van der Waals surface area contributed by atoms with Gasteiger partial charge in [-0.15, -0.1) is 0 Å². The highest BCUT2D eigenvalue weighted by Crippen LogP contribution is 2.21. The summed E-state index contributed by atoms with van der Waals surface area (Å²) in [4.78, 5) is 21.5. The zero-order valence-electron chi connectivity index (χ0n) is 11.5. The summed E-state index contributed by atoms with van der Waals surface area (Å²) in [5.41, 5.74) is 4.06. The Balaban J connectivity index is 1.90. The van der Waals surface area contributed by atoms with Crippen molar-refractivity contribution in [3.05, 3.63) is 51.3 Å². The van der Waals surface area contributed by atoms with E-state index in [1.165, 1.54) is 23.9 Å². The van der Waals surface area contributed by atoms with Gasteiger partial charge < -0.3 is 9.40 Å². The molecule has 0 saturated heterocycles. The number of hydrogen-bond donors (Lipinski definition) is 1. The van der Waals surface area contributed by atoms with E-state index in [1.54, 1.807) is 0 Å². The summed E-state index contributed by atoms with van der Waals surface area (Å²) in [6.45, 7) is 4.05. The van der Waals surface area contributed by atoms with Crippen molar-refractivity contribution in [3.63, 3.8) is 0 Å². The van der Waals surface area contributed by atoms with E-state index >= 15 is 0 Å². The Bertz CT molecular complexity index is 821. The predicted octanol–water partition coefficient (Wildman–Crippen LogP) is 3.43. The normalized spacial score (nSPS) is 11.5. The smallest absolute Gasteiger partial charge is 0.400 e. The van der Waals surface area contributed by atoms with Crippen molar-refractivity contribution >= 4 is 29.1 Å². The molecule has 0 atom stereocenters. The Hall–Kier alpha value is -2.96. The number of H-pyrrole nitrogens is 1. The van der Waals surface area contributed by atoms with Gasteiger partial charge in [0.05, 0.1) is 23.3 Å². The van der Waals surface area contributed by atoms with E-state index in [-0.39, 0.29) is 5.88 Å². The summed E-state index contributed by atoms with van der Waals surface area (Å²) in [5.74, 6) is 0.413. The molecule has 0 unspecified atom stereocenters. The van der Waals surface area contributed by atoms with Crippen molar-refractivity contribution in [2.45, 2.75) is 13.8 Å². The number of rotatable bonds is 3. The second-order valence-electron chi connectivity index (χ2n) is 4.71. The third kappa shape index (κ3) is 2.53. The fourth-order valence-electron chi connectivity index (χ4n) is 1.95. The van der Waals surface area contributed by atoms with Gasteiger partial charge in [0.15, 0.2) is 5.76 Å².